The van der Waals surface area contributed by atoms with Crippen LogP contribution >= 0.6 is 11.8 Å². The molecular formula is C22H26N2O5S. The molecule has 1 aromatic rings. The maximum atomic E-state index is 12.5. The zero-order valence-corrected chi connectivity index (χ0v) is 18.0. The number of nitrogens with one attached hydrogen (secondary N) is 1. The van der Waals surface area contributed by atoms with Crippen LogP contribution < -0.4 is 5.32 Å². The van der Waals surface area contributed by atoms with Crippen LogP contribution in [0.4, 0.5) is 0 Å². The second kappa shape index (κ2) is 7.72. The van der Waals surface area contributed by atoms with E-state index in [0.29, 0.717) is 5.56 Å². The third-order valence-electron chi connectivity index (χ3n) is 6.24. The second-order valence-electron chi connectivity index (χ2n) is 8.76. The number of Topliss-reactive ketones (excluding diaryl/α,β-unsaturated/α-hetero) is 1. The van der Waals surface area contributed by atoms with Gasteiger partial charge in [0.1, 0.15) is 17.5 Å². The van der Waals surface area contributed by atoms with E-state index in [-0.39, 0.29) is 35.8 Å². The highest BCUT2D eigenvalue weighted by Gasteiger charge is 2.64. The monoisotopic (exact) mass is 430 g/mol. The van der Waals surface area contributed by atoms with E-state index >= 15 is 0 Å². The molecule has 2 fully saturated rings. The first-order valence-electron chi connectivity index (χ1n) is 10.4. The topological polar surface area (TPSA) is 104 Å². The van der Waals surface area contributed by atoms with E-state index in [9.17, 15) is 24.3 Å². The molecule has 0 unspecified atom stereocenters. The van der Waals surface area contributed by atoms with Gasteiger partial charge in [0.15, 0.2) is 5.78 Å². The molecule has 0 spiro atoms. The van der Waals surface area contributed by atoms with Crippen LogP contribution in [-0.2, 0) is 27.2 Å². The molecule has 7 nitrogen and oxygen atoms in total. The van der Waals surface area contributed by atoms with Gasteiger partial charge in [0.2, 0.25) is 11.8 Å². The molecule has 2 aliphatic heterocycles. The number of amides is 2. The predicted octanol–water partition coefficient (Wildman–Crippen LogP) is 2.16. The van der Waals surface area contributed by atoms with Crippen molar-refractivity contribution in [1.82, 2.24) is 10.2 Å². The summed E-state index contributed by atoms with van der Waals surface area (Å²) >= 11 is 1.38. The van der Waals surface area contributed by atoms with Crippen LogP contribution in [0.1, 0.15) is 61.0 Å². The van der Waals surface area contributed by atoms with Crippen LogP contribution in [0.5, 0.6) is 0 Å². The van der Waals surface area contributed by atoms with E-state index in [1.807, 2.05) is 18.2 Å². The van der Waals surface area contributed by atoms with Gasteiger partial charge in [0.05, 0.1) is 0 Å². The van der Waals surface area contributed by atoms with Crippen LogP contribution in [0.3, 0.4) is 0 Å². The van der Waals surface area contributed by atoms with Crippen molar-refractivity contribution in [2.45, 2.75) is 74.6 Å². The third-order valence-corrected chi connectivity index (χ3v) is 7.81. The molecule has 1 aliphatic carbocycles. The SMILES string of the molecule is CC1(C)S[C@@H]2[C@H](NC(=O)CCC(=O)c3ccc4c(c3)CCCC4)C(=O)N2[C@H]1C(=O)O. The molecule has 3 atom stereocenters. The standard InChI is InChI=1S/C22H26N2O5S/c1-22(2)18(21(28)29)24-19(27)17(20(24)30-22)23-16(26)10-9-15(25)14-8-7-12-5-3-4-6-13(12)11-14/h7-8,11,17-18,20H,3-6,9-10H2,1-2H3,(H,23,26)(H,28,29)/t17-,18+,20-/m1/s1. The lowest BCUT2D eigenvalue weighted by molar-refractivity contribution is -0.161. The predicted molar refractivity (Wildman–Crippen MR) is 112 cm³/mol. The number of rotatable bonds is 6. The number of fused-ring (bicyclic) bond motifs is 2. The average molecular weight is 431 g/mol. The van der Waals surface area contributed by atoms with Crippen molar-refractivity contribution in [2.75, 3.05) is 0 Å². The first-order chi connectivity index (χ1) is 14.2. The molecule has 2 amide bonds. The smallest absolute Gasteiger partial charge is 0.327 e. The van der Waals surface area contributed by atoms with Gasteiger partial charge < -0.3 is 15.3 Å². The van der Waals surface area contributed by atoms with Crippen molar-refractivity contribution >= 4 is 35.3 Å². The lowest BCUT2D eigenvalue weighted by Crippen LogP contribution is -2.70. The Morgan fingerprint density at radius 2 is 1.87 bits per heavy atom. The maximum Gasteiger partial charge on any atom is 0.327 e. The Morgan fingerprint density at radius 3 is 2.57 bits per heavy atom. The van der Waals surface area contributed by atoms with E-state index in [2.05, 4.69) is 5.32 Å². The highest BCUT2D eigenvalue weighted by atomic mass is 32.2. The van der Waals surface area contributed by atoms with Gasteiger partial charge in [0.25, 0.3) is 0 Å². The van der Waals surface area contributed by atoms with Crippen molar-refractivity contribution in [3.63, 3.8) is 0 Å². The van der Waals surface area contributed by atoms with E-state index in [0.717, 1.165) is 19.3 Å². The van der Waals surface area contributed by atoms with Crippen molar-refractivity contribution in [2.24, 2.45) is 0 Å². The summed E-state index contributed by atoms with van der Waals surface area (Å²) in [6.07, 6.45) is 4.44. The van der Waals surface area contributed by atoms with Crippen molar-refractivity contribution < 1.29 is 24.3 Å². The first kappa shape index (κ1) is 20.9. The number of carboxylic acids is 1. The zero-order valence-electron chi connectivity index (χ0n) is 17.1. The van der Waals surface area contributed by atoms with Crippen molar-refractivity contribution in [3.05, 3.63) is 34.9 Å². The number of carboxylic acid groups (broad SMARTS) is 1. The molecule has 2 saturated heterocycles. The Kier molecular flexibility index (Phi) is 5.38. The van der Waals surface area contributed by atoms with Crippen LogP contribution in [0, 0.1) is 0 Å². The molecule has 3 aliphatic rings. The Labute approximate surface area is 179 Å². The zero-order chi connectivity index (χ0) is 21.6. The molecule has 30 heavy (non-hydrogen) atoms. The van der Waals surface area contributed by atoms with Gasteiger partial charge in [-0.2, -0.15) is 0 Å². The van der Waals surface area contributed by atoms with Gasteiger partial charge in [-0.3, -0.25) is 14.4 Å². The lowest BCUT2D eigenvalue weighted by Gasteiger charge is -2.43. The quantitative estimate of drug-likeness (QED) is 0.530. The molecule has 8 heteroatoms. The third kappa shape index (κ3) is 3.62. The van der Waals surface area contributed by atoms with Crippen molar-refractivity contribution in [1.29, 1.82) is 0 Å². The van der Waals surface area contributed by atoms with Crippen LogP contribution in [0.2, 0.25) is 0 Å². The summed E-state index contributed by atoms with van der Waals surface area (Å²) in [4.78, 5) is 50.2. The Balaban J connectivity index is 1.32. The lowest BCUT2D eigenvalue weighted by atomic mass is 9.89. The fraction of sp³-hybridized carbons (Fsp3) is 0.545. The van der Waals surface area contributed by atoms with Gasteiger partial charge in [0, 0.05) is 23.2 Å². The summed E-state index contributed by atoms with van der Waals surface area (Å²) in [6.45, 7) is 3.58. The Hall–Kier alpha value is -2.35. The maximum absolute atomic E-state index is 12.5. The largest absolute Gasteiger partial charge is 0.480 e. The van der Waals surface area contributed by atoms with Crippen molar-refractivity contribution in [3.8, 4) is 0 Å². The van der Waals surface area contributed by atoms with Crippen LogP contribution in [0.15, 0.2) is 18.2 Å². The molecule has 2 N–H and O–H groups in total. The minimum atomic E-state index is -1.04. The van der Waals surface area contributed by atoms with E-state index in [4.69, 9.17) is 0 Å². The molecule has 160 valence electrons. The number of aryl methyl sites for hydroxylation is 2. The van der Waals surface area contributed by atoms with Gasteiger partial charge in [-0.1, -0.05) is 12.1 Å². The summed E-state index contributed by atoms with van der Waals surface area (Å²) < 4.78 is -0.631. The van der Waals surface area contributed by atoms with Gasteiger partial charge in [-0.15, -0.1) is 11.8 Å². The molecule has 4 rings (SSSR count). The first-order valence-corrected chi connectivity index (χ1v) is 11.2. The summed E-state index contributed by atoms with van der Waals surface area (Å²) in [6, 6.07) is 4.16. The van der Waals surface area contributed by atoms with Gasteiger partial charge >= 0.3 is 5.97 Å². The number of nitrogens with zero attached hydrogens (tertiary/aromatic N) is 1. The highest BCUT2D eigenvalue weighted by Crippen LogP contribution is 2.50. The summed E-state index contributed by atoms with van der Waals surface area (Å²) in [5.74, 6) is -1.86. The molecule has 2 heterocycles. The molecule has 0 saturated carbocycles. The number of thioether (sulfide) groups is 1. The van der Waals surface area contributed by atoms with E-state index in [1.54, 1.807) is 13.8 Å². The summed E-state index contributed by atoms with van der Waals surface area (Å²) in [5, 5.41) is 11.8. The summed E-state index contributed by atoms with van der Waals surface area (Å²) in [7, 11) is 0. The molecule has 1 aromatic carbocycles. The number of β-lactam (4-membered cyclic amide) rings is 1. The molecule has 0 radical (unpaired) electrons. The summed E-state index contributed by atoms with van der Waals surface area (Å²) in [5.41, 5.74) is 3.16. The normalized spacial score (nSPS) is 26.4. The average Bonchev–Trinajstić information content (AvgIpc) is 2.97. The highest BCUT2D eigenvalue weighted by molar-refractivity contribution is 8.01. The number of ketones is 1. The van der Waals surface area contributed by atoms with E-state index < -0.39 is 22.8 Å². The minimum Gasteiger partial charge on any atom is -0.480 e. The Bertz CT molecular complexity index is 928. The number of carbonyl (C=O) groups is 4. The van der Waals surface area contributed by atoms with Gasteiger partial charge in [-0.05, 0) is 56.7 Å². The number of benzene rings is 1. The molecule has 0 aromatic heterocycles. The van der Waals surface area contributed by atoms with Gasteiger partial charge in [-0.25, -0.2) is 4.79 Å². The van der Waals surface area contributed by atoms with Crippen LogP contribution in [0.25, 0.3) is 0 Å². The fourth-order valence-electron chi connectivity index (χ4n) is 4.67. The molecule has 0 bridgehead atoms. The van der Waals surface area contributed by atoms with Crippen LogP contribution in [-0.4, -0.2) is 55.8 Å². The fourth-order valence-corrected chi connectivity index (χ4v) is 6.29. The molecular weight excluding hydrogens is 404 g/mol. The Morgan fingerprint density at radius 1 is 1.17 bits per heavy atom. The number of hydrogen-bond donors (Lipinski definition) is 2. The number of carbonyl (C=O) groups excluding carboxylic acids is 3. The second-order valence-corrected chi connectivity index (χ2v) is 10.5. The van der Waals surface area contributed by atoms with E-state index in [1.165, 1.54) is 34.2 Å². The minimum absolute atomic E-state index is 0.00281. The number of aliphatic carboxylic acids is 1. The number of hydrogen-bond acceptors (Lipinski definition) is 5.